The Morgan fingerprint density at radius 3 is 1.01 bits per heavy atom. The van der Waals surface area contributed by atoms with E-state index in [1.165, 1.54) is 82.6 Å². The minimum Gasteiger partial charge on any atom is -0.310 e. The molecule has 324 valence electrons. The molecule has 2 aromatic heterocycles. The van der Waals surface area contributed by atoms with Crippen LogP contribution >= 0.6 is 0 Å². The zero-order valence-electron chi connectivity index (χ0n) is 37.8. The van der Waals surface area contributed by atoms with Crippen LogP contribution < -0.4 is 4.90 Å². The Balaban J connectivity index is 0.924. The monoisotopic (exact) mass is 879 g/mol. The fourth-order valence-corrected chi connectivity index (χ4v) is 10.4. The van der Waals surface area contributed by atoms with Crippen LogP contribution in [0.15, 0.2) is 273 Å². The summed E-state index contributed by atoms with van der Waals surface area (Å²) in [6.07, 6.45) is 0. The number of nitrogens with zero attached hydrogens (tertiary/aromatic N) is 3. The van der Waals surface area contributed by atoms with Gasteiger partial charge in [0.2, 0.25) is 0 Å². The summed E-state index contributed by atoms with van der Waals surface area (Å²) in [5.41, 5.74) is 19.8. The van der Waals surface area contributed by atoms with Gasteiger partial charge in [0.15, 0.2) is 0 Å². The van der Waals surface area contributed by atoms with Crippen molar-refractivity contribution in [1.29, 1.82) is 0 Å². The molecule has 2 heterocycles. The van der Waals surface area contributed by atoms with Crippen LogP contribution in [0.5, 0.6) is 0 Å². The number of fused-ring (bicyclic) bond motifs is 6. The largest absolute Gasteiger partial charge is 0.310 e. The van der Waals surface area contributed by atoms with E-state index in [-0.39, 0.29) is 0 Å². The highest BCUT2D eigenvalue weighted by Gasteiger charge is 2.19. The molecule has 0 amide bonds. The summed E-state index contributed by atoms with van der Waals surface area (Å²) in [5, 5.41) is 4.94. The van der Waals surface area contributed by atoms with Crippen molar-refractivity contribution in [3.8, 4) is 55.9 Å². The summed E-state index contributed by atoms with van der Waals surface area (Å²) in [4.78, 5) is 2.37. The zero-order chi connectivity index (χ0) is 45.7. The summed E-state index contributed by atoms with van der Waals surface area (Å²) >= 11 is 0. The quantitative estimate of drug-likeness (QED) is 0.141. The third-order valence-electron chi connectivity index (χ3n) is 13.7. The molecule has 0 aliphatic rings. The molecule has 0 fully saturated rings. The van der Waals surface area contributed by atoms with Crippen molar-refractivity contribution < 1.29 is 0 Å². The number of benzene rings is 11. The number of hydrogen-bond acceptors (Lipinski definition) is 1. The van der Waals surface area contributed by atoms with E-state index in [2.05, 4.69) is 287 Å². The molecule has 0 aliphatic carbocycles. The molecular weight excluding hydrogens is 835 g/mol. The number of aromatic nitrogens is 2. The van der Waals surface area contributed by atoms with Crippen LogP contribution in [0.3, 0.4) is 0 Å². The molecular formula is C66H45N3. The lowest BCUT2D eigenvalue weighted by molar-refractivity contribution is 1.18. The molecule has 0 bridgehead atoms. The van der Waals surface area contributed by atoms with E-state index in [4.69, 9.17) is 0 Å². The molecule has 0 aliphatic heterocycles. The second kappa shape index (κ2) is 16.9. The van der Waals surface area contributed by atoms with Gasteiger partial charge in [-0.15, -0.1) is 0 Å². The molecule has 0 atom stereocenters. The van der Waals surface area contributed by atoms with Crippen molar-refractivity contribution in [2.75, 3.05) is 4.90 Å². The van der Waals surface area contributed by atoms with Crippen LogP contribution in [-0.2, 0) is 0 Å². The molecule has 13 rings (SSSR count). The fourth-order valence-electron chi connectivity index (χ4n) is 10.4. The maximum atomic E-state index is 2.41. The lowest BCUT2D eigenvalue weighted by atomic mass is 9.99. The predicted molar refractivity (Wildman–Crippen MR) is 292 cm³/mol. The van der Waals surface area contributed by atoms with Gasteiger partial charge < -0.3 is 14.0 Å². The highest BCUT2D eigenvalue weighted by molar-refractivity contribution is 6.13. The maximum Gasteiger partial charge on any atom is 0.0541 e. The molecule has 0 spiro atoms. The smallest absolute Gasteiger partial charge is 0.0541 e. The predicted octanol–water partition coefficient (Wildman–Crippen LogP) is 18.0. The lowest BCUT2D eigenvalue weighted by Gasteiger charge is -2.27. The summed E-state index contributed by atoms with van der Waals surface area (Å²) in [6, 6.07) is 99.1. The fraction of sp³-hybridized carbons (Fsp3) is 0. The highest BCUT2D eigenvalue weighted by Crippen LogP contribution is 2.42. The van der Waals surface area contributed by atoms with Crippen molar-refractivity contribution in [3.05, 3.63) is 273 Å². The Bertz CT molecular complexity index is 3900. The first kappa shape index (κ1) is 40.1. The van der Waals surface area contributed by atoms with Gasteiger partial charge in [-0.25, -0.2) is 0 Å². The second-order valence-electron chi connectivity index (χ2n) is 17.8. The van der Waals surface area contributed by atoms with Crippen molar-refractivity contribution in [2.45, 2.75) is 0 Å². The molecule has 0 radical (unpaired) electrons. The van der Waals surface area contributed by atoms with Gasteiger partial charge in [-0.05, 0) is 148 Å². The molecule has 69 heavy (non-hydrogen) atoms. The van der Waals surface area contributed by atoms with E-state index in [0.29, 0.717) is 0 Å². The number of anilines is 3. The second-order valence-corrected chi connectivity index (χ2v) is 17.8. The molecule has 0 N–H and O–H groups in total. The Morgan fingerprint density at radius 1 is 0.203 bits per heavy atom. The number of hydrogen-bond donors (Lipinski definition) is 0. The van der Waals surface area contributed by atoms with Crippen LogP contribution in [0.2, 0.25) is 0 Å². The van der Waals surface area contributed by atoms with Gasteiger partial charge in [0.25, 0.3) is 0 Å². The first-order chi connectivity index (χ1) is 34.2. The van der Waals surface area contributed by atoms with Gasteiger partial charge in [-0.2, -0.15) is 0 Å². The molecule has 0 saturated heterocycles. The van der Waals surface area contributed by atoms with Crippen molar-refractivity contribution >= 4 is 60.7 Å². The van der Waals surface area contributed by atoms with Crippen LogP contribution in [0.25, 0.3) is 99.5 Å². The van der Waals surface area contributed by atoms with E-state index in [1.54, 1.807) is 0 Å². The SMILES string of the molecule is c1ccc(-c2cccc(N(c3ccc(-c4ccc5c(c4)c4cc(-c6ccc7c(c6)c6ccccc6n7-c6ccccc6)ccc4n5-c4ccccc4)cc3)c3cccc(-c4ccccc4)c3)c2)cc1. The summed E-state index contributed by atoms with van der Waals surface area (Å²) in [6.45, 7) is 0. The van der Waals surface area contributed by atoms with Gasteiger partial charge in [0, 0.05) is 50.0 Å². The first-order valence-corrected chi connectivity index (χ1v) is 23.7. The average Bonchev–Trinajstić information content (AvgIpc) is 3.94. The normalized spacial score (nSPS) is 11.5. The number of rotatable bonds is 9. The summed E-state index contributed by atoms with van der Waals surface area (Å²) in [7, 11) is 0. The van der Waals surface area contributed by atoms with E-state index in [1.807, 2.05) is 0 Å². The van der Waals surface area contributed by atoms with Gasteiger partial charge in [-0.3, -0.25) is 0 Å². The summed E-state index contributed by atoms with van der Waals surface area (Å²) < 4.78 is 4.78. The Morgan fingerprint density at radius 2 is 0.536 bits per heavy atom. The molecule has 13 aromatic rings. The highest BCUT2D eigenvalue weighted by atomic mass is 15.1. The van der Waals surface area contributed by atoms with Gasteiger partial charge >= 0.3 is 0 Å². The molecule has 0 unspecified atom stereocenters. The Kier molecular flexibility index (Phi) is 9.84. The summed E-state index contributed by atoms with van der Waals surface area (Å²) in [5.74, 6) is 0. The van der Waals surface area contributed by atoms with Crippen LogP contribution in [-0.4, -0.2) is 9.13 Å². The third-order valence-corrected chi connectivity index (χ3v) is 13.7. The van der Waals surface area contributed by atoms with E-state index in [0.717, 1.165) is 34.0 Å². The van der Waals surface area contributed by atoms with Gasteiger partial charge in [0.1, 0.15) is 0 Å². The molecule has 3 nitrogen and oxygen atoms in total. The van der Waals surface area contributed by atoms with Crippen LogP contribution in [0.1, 0.15) is 0 Å². The standard InChI is InChI=1S/C66H45N3/c1-5-17-46(18-6-1)49-21-15-27-57(41-49)67(58-28-16-22-50(42-58)47-19-7-2-8-20-47)56-36-31-48(32-37-56)51-33-38-65-61(43-51)62-45-53(35-40-66(62)69(65)55-25-11-4-12-26-55)52-34-39-64-60(44-52)59-29-13-14-30-63(59)68(64)54-23-9-3-10-24-54/h1-45H. The molecule has 3 heteroatoms. The third kappa shape index (κ3) is 7.16. The van der Waals surface area contributed by atoms with Crippen LogP contribution in [0, 0.1) is 0 Å². The van der Waals surface area contributed by atoms with Crippen molar-refractivity contribution in [2.24, 2.45) is 0 Å². The van der Waals surface area contributed by atoms with E-state index in [9.17, 15) is 0 Å². The van der Waals surface area contributed by atoms with E-state index < -0.39 is 0 Å². The van der Waals surface area contributed by atoms with Crippen molar-refractivity contribution in [3.63, 3.8) is 0 Å². The zero-order valence-corrected chi connectivity index (χ0v) is 37.8. The molecule has 0 saturated carbocycles. The van der Waals surface area contributed by atoms with Gasteiger partial charge in [-0.1, -0.05) is 170 Å². The Hall–Kier alpha value is -9.18. The average molecular weight is 880 g/mol. The Labute approximate surface area is 401 Å². The first-order valence-electron chi connectivity index (χ1n) is 23.7. The maximum absolute atomic E-state index is 2.41. The van der Waals surface area contributed by atoms with Crippen molar-refractivity contribution in [1.82, 2.24) is 9.13 Å². The topological polar surface area (TPSA) is 13.1 Å². The van der Waals surface area contributed by atoms with Crippen LogP contribution in [0.4, 0.5) is 17.1 Å². The molecule has 11 aromatic carbocycles. The number of para-hydroxylation sites is 3. The van der Waals surface area contributed by atoms with Gasteiger partial charge in [0.05, 0.1) is 22.1 Å². The lowest BCUT2D eigenvalue weighted by Crippen LogP contribution is -2.10. The minimum absolute atomic E-state index is 1.09. The van der Waals surface area contributed by atoms with E-state index >= 15 is 0 Å². The minimum atomic E-state index is 1.09.